The maximum absolute atomic E-state index is 11.9. The molecule has 0 fully saturated rings. The third-order valence-corrected chi connectivity index (χ3v) is 3.84. The van der Waals surface area contributed by atoms with Crippen molar-refractivity contribution in [3.8, 4) is 0 Å². The number of carbonyl (C=O) groups excluding carboxylic acids is 1. The van der Waals surface area contributed by atoms with Gasteiger partial charge < -0.3 is 10.3 Å². The SMILES string of the molecule is CCCC(C)(C)NC(=O)c1cc(S(=O)(=O)Cl)c[nH]1. The zero-order chi connectivity index (χ0) is 14.0. The number of nitrogens with one attached hydrogen (secondary N) is 2. The zero-order valence-corrected chi connectivity index (χ0v) is 12.2. The predicted molar refractivity (Wildman–Crippen MR) is 70.3 cm³/mol. The smallest absolute Gasteiger partial charge is 0.268 e. The summed E-state index contributed by atoms with van der Waals surface area (Å²) in [5.74, 6) is -0.347. The lowest BCUT2D eigenvalue weighted by molar-refractivity contribution is 0.0904. The van der Waals surface area contributed by atoms with Crippen LogP contribution in [0, 0.1) is 0 Å². The van der Waals surface area contributed by atoms with Crippen LogP contribution in [0.4, 0.5) is 0 Å². The average molecular weight is 293 g/mol. The van der Waals surface area contributed by atoms with Crippen LogP contribution in [0.1, 0.15) is 44.1 Å². The highest BCUT2D eigenvalue weighted by Gasteiger charge is 2.22. The van der Waals surface area contributed by atoms with E-state index < -0.39 is 9.05 Å². The summed E-state index contributed by atoms with van der Waals surface area (Å²) >= 11 is 0. The van der Waals surface area contributed by atoms with Crippen LogP contribution in [0.5, 0.6) is 0 Å². The molecular formula is C11H17ClN2O3S. The van der Waals surface area contributed by atoms with E-state index in [2.05, 4.69) is 10.3 Å². The molecular weight excluding hydrogens is 276 g/mol. The third-order valence-electron chi connectivity index (χ3n) is 2.51. The molecule has 0 saturated heterocycles. The minimum atomic E-state index is -3.81. The van der Waals surface area contributed by atoms with E-state index >= 15 is 0 Å². The van der Waals surface area contributed by atoms with Crippen LogP contribution in [0.2, 0.25) is 0 Å². The lowest BCUT2D eigenvalue weighted by Crippen LogP contribution is -2.43. The second-order valence-corrected chi connectivity index (χ2v) is 7.34. The number of aromatic nitrogens is 1. The zero-order valence-electron chi connectivity index (χ0n) is 10.6. The van der Waals surface area contributed by atoms with Crippen molar-refractivity contribution in [3.63, 3.8) is 0 Å². The Bertz CT molecular complexity index is 534. The Morgan fingerprint density at radius 1 is 1.50 bits per heavy atom. The fraction of sp³-hybridized carbons (Fsp3) is 0.545. The molecule has 0 atom stereocenters. The normalized spacial score (nSPS) is 12.4. The van der Waals surface area contributed by atoms with Gasteiger partial charge in [0.25, 0.3) is 15.0 Å². The van der Waals surface area contributed by atoms with E-state index in [9.17, 15) is 13.2 Å². The van der Waals surface area contributed by atoms with Crippen molar-refractivity contribution in [2.24, 2.45) is 0 Å². The van der Waals surface area contributed by atoms with Crippen LogP contribution in [-0.4, -0.2) is 24.8 Å². The number of rotatable bonds is 5. The summed E-state index contributed by atoms with van der Waals surface area (Å²) in [5.41, 5.74) is -0.157. The van der Waals surface area contributed by atoms with Crippen LogP contribution in [0.3, 0.4) is 0 Å². The van der Waals surface area contributed by atoms with Crippen molar-refractivity contribution in [2.45, 2.75) is 44.0 Å². The first kappa shape index (κ1) is 15.0. The highest BCUT2D eigenvalue weighted by atomic mass is 35.7. The number of amides is 1. The summed E-state index contributed by atoms with van der Waals surface area (Å²) in [5, 5.41) is 2.83. The molecule has 0 spiro atoms. The van der Waals surface area contributed by atoms with Gasteiger partial charge in [0.2, 0.25) is 0 Å². The molecule has 18 heavy (non-hydrogen) atoms. The maximum Gasteiger partial charge on any atom is 0.268 e. The standard InChI is InChI=1S/C11H17ClN2O3S/c1-4-5-11(2,3)14-10(15)9-6-8(7-13-9)18(12,16)17/h6-7,13H,4-5H2,1-3H3,(H,14,15). The van der Waals surface area contributed by atoms with E-state index in [1.54, 1.807) is 0 Å². The molecule has 5 nitrogen and oxygen atoms in total. The fourth-order valence-electron chi connectivity index (χ4n) is 1.71. The molecule has 1 aromatic rings. The number of hydrogen-bond acceptors (Lipinski definition) is 3. The molecule has 2 N–H and O–H groups in total. The quantitative estimate of drug-likeness (QED) is 0.817. The Labute approximate surface area is 111 Å². The Balaban J connectivity index is 2.83. The Kier molecular flexibility index (Phi) is 4.45. The molecule has 7 heteroatoms. The van der Waals surface area contributed by atoms with Gasteiger partial charge in [-0.2, -0.15) is 0 Å². The van der Waals surface area contributed by atoms with Crippen molar-refractivity contribution in [1.82, 2.24) is 10.3 Å². The van der Waals surface area contributed by atoms with Gasteiger partial charge in [-0.1, -0.05) is 13.3 Å². The number of halogens is 1. The van der Waals surface area contributed by atoms with Gasteiger partial charge in [0.05, 0.1) is 0 Å². The minimum absolute atomic E-state index is 0.109. The maximum atomic E-state index is 11.9. The molecule has 0 aliphatic rings. The lowest BCUT2D eigenvalue weighted by atomic mass is 9.99. The van der Waals surface area contributed by atoms with Gasteiger partial charge in [0.15, 0.2) is 0 Å². The predicted octanol–water partition coefficient (Wildman–Crippen LogP) is 2.25. The van der Waals surface area contributed by atoms with E-state index in [-0.39, 0.29) is 22.0 Å². The molecule has 102 valence electrons. The van der Waals surface area contributed by atoms with E-state index in [0.717, 1.165) is 12.8 Å². The molecule has 0 aliphatic heterocycles. The van der Waals surface area contributed by atoms with Gasteiger partial charge in [-0.3, -0.25) is 4.79 Å². The molecule has 1 heterocycles. The Morgan fingerprint density at radius 3 is 2.56 bits per heavy atom. The fourth-order valence-corrected chi connectivity index (χ4v) is 2.43. The van der Waals surface area contributed by atoms with Gasteiger partial charge in [-0.25, -0.2) is 8.42 Å². The second-order valence-electron chi connectivity index (χ2n) is 4.77. The van der Waals surface area contributed by atoms with Crippen LogP contribution in [-0.2, 0) is 9.05 Å². The number of hydrogen-bond donors (Lipinski definition) is 2. The second kappa shape index (κ2) is 5.32. The number of aromatic amines is 1. The summed E-state index contributed by atoms with van der Waals surface area (Å²) in [6.45, 7) is 5.85. The summed E-state index contributed by atoms with van der Waals surface area (Å²) in [6.07, 6.45) is 2.98. The lowest BCUT2D eigenvalue weighted by Gasteiger charge is -2.25. The Hall–Kier alpha value is -1.01. The molecule has 1 aromatic heterocycles. The van der Waals surface area contributed by atoms with Crippen LogP contribution < -0.4 is 5.32 Å². The summed E-state index contributed by atoms with van der Waals surface area (Å²) in [7, 11) is 1.37. The minimum Gasteiger partial charge on any atom is -0.356 e. The van der Waals surface area contributed by atoms with Crippen molar-refractivity contribution < 1.29 is 13.2 Å². The first-order valence-corrected chi connectivity index (χ1v) is 7.92. The van der Waals surface area contributed by atoms with E-state index in [1.165, 1.54) is 12.3 Å². The largest absolute Gasteiger partial charge is 0.356 e. The molecule has 0 aromatic carbocycles. The Morgan fingerprint density at radius 2 is 2.11 bits per heavy atom. The number of H-pyrrole nitrogens is 1. The monoisotopic (exact) mass is 292 g/mol. The van der Waals surface area contributed by atoms with Gasteiger partial charge in [0.1, 0.15) is 10.6 Å². The van der Waals surface area contributed by atoms with E-state index in [1.807, 2.05) is 20.8 Å². The van der Waals surface area contributed by atoms with Gasteiger partial charge in [-0.15, -0.1) is 0 Å². The number of carbonyl (C=O) groups is 1. The van der Waals surface area contributed by atoms with E-state index in [4.69, 9.17) is 10.7 Å². The molecule has 0 saturated carbocycles. The van der Waals surface area contributed by atoms with Crippen molar-refractivity contribution in [2.75, 3.05) is 0 Å². The topological polar surface area (TPSA) is 79.0 Å². The van der Waals surface area contributed by atoms with E-state index in [0.29, 0.717) is 0 Å². The van der Waals surface area contributed by atoms with Crippen LogP contribution in [0.25, 0.3) is 0 Å². The first-order valence-electron chi connectivity index (χ1n) is 5.61. The molecule has 1 amide bonds. The van der Waals surface area contributed by atoms with Crippen molar-refractivity contribution in [1.29, 1.82) is 0 Å². The van der Waals surface area contributed by atoms with Gasteiger partial charge in [-0.05, 0) is 26.3 Å². The highest BCUT2D eigenvalue weighted by molar-refractivity contribution is 8.13. The molecule has 0 bridgehead atoms. The summed E-state index contributed by atoms with van der Waals surface area (Å²) < 4.78 is 22.1. The molecule has 0 aliphatic carbocycles. The van der Waals surface area contributed by atoms with Crippen LogP contribution in [0.15, 0.2) is 17.2 Å². The summed E-state index contributed by atoms with van der Waals surface area (Å²) in [6, 6.07) is 1.22. The average Bonchev–Trinajstić information content (AvgIpc) is 2.63. The third kappa shape index (κ3) is 4.03. The molecule has 0 unspecified atom stereocenters. The van der Waals surface area contributed by atoms with Gasteiger partial charge >= 0.3 is 0 Å². The van der Waals surface area contributed by atoms with Crippen molar-refractivity contribution in [3.05, 3.63) is 18.0 Å². The molecule has 0 radical (unpaired) electrons. The molecule has 1 rings (SSSR count). The highest BCUT2D eigenvalue weighted by Crippen LogP contribution is 2.17. The van der Waals surface area contributed by atoms with Gasteiger partial charge in [0, 0.05) is 22.4 Å². The first-order chi connectivity index (χ1) is 8.15. The summed E-state index contributed by atoms with van der Waals surface area (Å²) in [4.78, 5) is 14.4. The van der Waals surface area contributed by atoms with Crippen LogP contribution >= 0.6 is 10.7 Å². The van der Waals surface area contributed by atoms with Crippen molar-refractivity contribution >= 4 is 25.6 Å².